The average molecular weight is 356 g/mol. The minimum absolute atomic E-state index is 0.107. The minimum atomic E-state index is -0.107. The van der Waals surface area contributed by atoms with Gasteiger partial charge in [-0.2, -0.15) is 0 Å². The van der Waals surface area contributed by atoms with E-state index < -0.39 is 0 Å². The summed E-state index contributed by atoms with van der Waals surface area (Å²) in [7, 11) is 0. The molecule has 0 saturated heterocycles. The Labute approximate surface area is 136 Å². The highest BCUT2D eigenvalue weighted by atomic mass is 79.9. The number of amides is 1. The van der Waals surface area contributed by atoms with Crippen LogP contribution in [0.15, 0.2) is 22.7 Å². The Bertz CT molecular complexity index is 461. The Kier molecular flexibility index (Phi) is 7.75. The third-order valence-electron chi connectivity index (χ3n) is 3.64. The van der Waals surface area contributed by atoms with Crippen LogP contribution in [-0.2, 0) is 0 Å². The van der Waals surface area contributed by atoms with E-state index in [1.165, 1.54) is 0 Å². The zero-order chi connectivity index (χ0) is 15.8. The molecule has 0 aliphatic heterocycles. The average Bonchev–Trinajstić information content (AvgIpc) is 2.46. The molecule has 1 rings (SSSR count). The predicted molar refractivity (Wildman–Crippen MR) is 92.5 cm³/mol. The molecule has 1 atom stereocenters. The fraction of sp³-hybridized carbons (Fsp3) is 0.562. The number of benzene rings is 1. The SMILES string of the molecule is CCN(CC)CCCC(C)NC(=O)c1cc(Br)ccc1N. The smallest absolute Gasteiger partial charge is 0.253 e. The van der Waals surface area contributed by atoms with Crippen molar-refractivity contribution in [3.8, 4) is 0 Å². The van der Waals surface area contributed by atoms with Crippen LogP contribution in [0.3, 0.4) is 0 Å². The van der Waals surface area contributed by atoms with E-state index in [0.29, 0.717) is 11.3 Å². The second-order valence-corrected chi connectivity index (χ2v) is 6.19. The van der Waals surface area contributed by atoms with Crippen molar-refractivity contribution in [1.29, 1.82) is 0 Å². The van der Waals surface area contributed by atoms with Crippen LogP contribution >= 0.6 is 15.9 Å². The molecule has 0 aromatic heterocycles. The summed E-state index contributed by atoms with van der Waals surface area (Å²) >= 11 is 3.36. The van der Waals surface area contributed by atoms with Crippen molar-refractivity contribution in [2.45, 2.75) is 39.7 Å². The summed E-state index contributed by atoms with van der Waals surface area (Å²) in [5.41, 5.74) is 6.89. The fourth-order valence-electron chi connectivity index (χ4n) is 2.26. The molecule has 1 aromatic carbocycles. The molecule has 0 aliphatic carbocycles. The highest BCUT2D eigenvalue weighted by Gasteiger charge is 2.13. The first kappa shape index (κ1) is 18.0. The van der Waals surface area contributed by atoms with Gasteiger partial charge in [0.25, 0.3) is 5.91 Å². The van der Waals surface area contributed by atoms with E-state index in [2.05, 4.69) is 40.0 Å². The van der Waals surface area contributed by atoms with Gasteiger partial charge in [-0.05, 0) is 57.6 Å². The summed E-state index contributed by atoms with van der Waals surface area (Å²) in [6.45, 7) is 9.60. The van der Waals surface area contributed by atoms with Crippen molar-refractivity contribution in [3.63, 3.8) is 0 Å². The summed E-state index contributed by atoms with van der Waals surface area (Å²) in [6.07, 6.45) is 2.05. The molecular formula is C16H26BrN3O. The van der Waals surface area contributed by atoms with E-state index in [0.717, 1.165) is 36.9 Å². The highest BCUT2D eigenvalue weighted by molar-refractivity contribution is 9.10. The van der Waals surface area contributed by atoms with Gasteiger partial charge in [-0.25, -0.2) is 0 Å². The Hall–Kier alpha value is -1.07. The van der Waals surface area contributed by atoms with Crippen LogP contribution in [-0.4, -0.2) is 36.5 Å². The van der Waals surface area contributed by atoms with Gasteiger partial charge in [0.2, 0.25) is 0 Å². The second kappa shape index (κ2) is 9.05. The van der Waals surface area contributed by atoms with E-state index in [4.69, 9.17) is 5.73 Å². The molecule has 0 radical (unpaired) electrons. The van der Waals surface area contributed by atoms with E-state index >= 15 is 0 Å². The molecule has 0 bridgehead atoms. The first-order valence-electron chi connectivity index (χ1n) is 7.56. The van der Waals surface area contributed by atoms with Gasteiger partial charge in [0.1, 0.15) is 0 Å². The van der Waals surface area contributed by atoms with Crippen LogP contribution < -0.4 is 11.1 Å². The molecule has 4 nitrogen and oxygen atoms in total. The molecule has 1 aromatic rings. The van der Waals surface area contributed by atoms with Gasteiger partial charge in [-0.1, -0.05) is 29.8 Å². The normalized spacial score (nSPS) is 12.4. The van der Waals surface area contributed by atoms with Gasteiger partial charge >= 0.3 is 0 Å². The molecule has 0 fully saturated rings. The number of halogens is 1. The van der Waals surface area contributed by atoms with Crippen LogP contribution in [0.4, 0.5) is 5.69 Å². The monoisotopic (exact) mass is 355 g/mol. The van der Waals surface area contributed by atoms with Gasteiger partial charge < -0.3 is 16.0 Å². The van der Waals surface area contributed by atoms with Crippen LogP contribution in [0, 0.1) is 0 Å². The summed E-state index contributed by atoms with van der Waals surface area (Å²) < 4.78 is 0.857. The maximum absolute atomic E-state index is 12.2. The lowest BCUT2D eigenvalue weighted by molar-refractivity contribution is 0.0938. The third-order valence-corrected chi connectivity index (χ3v) is 4.14. The standard InChI is InChI=1S/C16H26BrN3O/c1-4-20(5-2)10-6-7-12(3)19-16(21)14-11-13(17)8-9-15(14)18/h8-9,11-12H,4-7,10,18H2,1-3H3,(H,19,21). The Morgan fingerprint density at radius 2 is 2.05 bits per heavy atom. The number of anilines is 1. The van der Waals surface area contributed by atoms with Crippen LogP contribution in [0.25, 0.3) is 0 Å². The number of hydrogen-bond donors (Lipinski definition) is 2. The molecular weight excluding hydrogens is 330 g/mol. The van der Waals surface area contributed by atoms with Crippen molar-refractivity contribution in [2.75, 3.05) is 25.4 Å². The molecule has 0 spiro atoms. The van der Waals surface area contributed by atoms with Crippen molar-refractivity contribution in [1.82, 2.24) is 10.2 Å². The second-order valence-electron chi connectivity index (χ2n) is 5.28. The van der Waals surface area contributed by atoms with Gasteiger partial charge in [0.15, 0.2) is 0 Å². The largest absolute Gasteiger partial charge is 0.398 e. The molecule has 5 heteroatoms. The lowest BCUT2D eigenvalue weighted by Crippen LogP contribution is -2.34. The maximum Gasteiger partial charge on any atom is 0.253 e. The van der Waals surface area contributed by atoms with Gasteiger partial charge in [-0.15, -0.1) is 0 Å². The first-order valence-corrected chi connectivity index (χ1v) is 8.35. The molecule has 0 aliphatic rings. The minimum Gasteiger partial charge on any atom is -0.398 e. The van der Waals surface area contributed by atoms with E-state index in [1.807, 2.05) is 13.0 Å². The number of nitrogens with two attached hydrogens (primary N) is 1. The molecule has 1 unspecified atom stereocenters. The Morgan fingerprint density at radius 1 is 1.38 bits per heavy atom. The number of hydrogen-bond acceptors (Lipinski definition) is 3. The number of carbonyl (C=O) groups is 1. The Balaban J connectivity index is 2.45. The highest BCUT2D eigenvalue weighted by Crippen LogP contribution is 2.18. The quantitative estimate of drug-likeness (QED) is 0.703. The van der Waals surface area contributed by atoms with Gasteiger partial charge in [0, 0.05) is 16.2 Å². The zero-order valence-corrected chi connectivity index (χ0v) is 14.7. The summed E-state index contributed by atoms with van der Waals surface area (Å²) in [4.78, 5) is 14.6. The van der Waals surface area contributed by atoms with Crippen LogP contribution in [0.2, 0.25) is 0 Å². The number of nitrogens with one attached hydrogen (secondary N) is 1. The zero-order valence-electron chi connectivity index (χ0n) is 13.2. The third kappa shape index (κ3) is 6.06. The molecule has 0 heterocycles. The predicted octanol–water partition coefficient (Wildman–Crippen LogP) is 3.27. The molecule has 118 valence electrons. The van der Waals surface area contributed by atoms with Crippen LogP contribution in [0.1, 0.15) is 44.0 Å². The summed E-state index contributed by atoms with van der Waals surface area (Å²) in [5.74, 6) is -0.107. The first-order chi connectivity index (χ1) is 9.97. The summed E-state index contributed by atoms with van der Waals surface area (Å²) in [6, 6.07) is 5.48. The van der Waals surface area contributed by atoms with Crippen LogP contribution in [0.5, 0.6) is 0 Å². The van der Waals surface area contributed by atoms with E-state index in [1.54, 1.807) is 12.1 Å². The lowest BCUT2D eigenvalue weighted by atomic mass is 10.1. The van der Waals surface area contributed by atoms with Crippen molar-refractivity contribution in [2.24, 2.45) is 0 Å². The number of nitrogens with zero attached hydrogens (tertiary/aromatic N) is 1. The maximum atomic E-state index is 12.2. The lowest BCUT2D eigenvalue weighted by Gasteiger charge is -2.20. The number of rotatable bonds is 8. The summed E-state index contributed by atoms with van der Waals surface area (Å²) in [5, 5.41) is 3.02. The van der Waals surface area contributed by atoms with Crippen molar-refractivity contribution < 1.29 is 4.79 Å². The molecule has 1 amide bonds. The number of nitrogen functional groups attached to an aromatic ring is 1. The van der Waals surface area contributed by atoms with Crippen molar-refractivity contribution in [3.05, 3.63) is 28.2 Å². The van der Waals surface area contributed by atoms with Crippen molar-refractivity contribution >= 4 is 27.5 Å². The molecule has 3 N–H and O–H groups in total. The fourth-order valence-corrected chi connectivity index (χ4v) is 2.62. The topological polar surface area (TPSA) is 58.4 Å². The molecule has 21 heavy (non-hydrogen) atoms. The molecule has 0 saturated carbocycles. The Morgan fingerprint density at radius 3 is 2.67 bits per heavy atom. The number of carbonyl (C=O) groups excluding carboxylic acids is 1. The van der Waals surface area contributed by atoms with Gasteiger partial charge in [-0.3, -0.25) is 4.79 Å². The van der Waals surface area contributed by atoms with Gasteiger partial charge in [0.05, 0.1) is 5.56 Å². The van der Waals surface area contributed by atoms with E-state index in [9.17, 15) is 4.79 Å². The van der Waals surface area contributed by atoms with E-state index in [-0.39, 0.29) is 11.9 Å².